The summed E-state index contributed by atoms with van der Waals surface area (Å²) in [7, 11) is 0. The van der Waals surface area contributed by atoms with Gasteiger partial charge in [0.15, 0.2) is 0 Å². The molecular formula is C25H38N4O5. The minimum atomic E-state index is -1.13. The van der Waals surface area contributed by atoms with Crippen molar-refractivity contribution in [2.75, 3.05) is 0 Å². The van der Waals surface area contributed by atoms with Crippen LogP contribution in [0.25, 0.3) is 0 Å². The van der Waals surface area contributed by atoms with Crippen LogP contribution in [0.5, 0.6) is 0 Å². The van der Waals surface area contributed by atoms with E-state index in [1.165, 1.54) is 0 Å². The van der Waals surface area contributed by atoms with Gasteiger partial charge in [0, 0.05) is 0 Å². The van der Waals surface area contributed by atoms with E-state index in [0.717, 1.165) is 5.56 Å². The number of alkyl carbamates (subject to hydrolysis) is 1. The molecule has 0 bridgehead atoms. The van der Waals surface area contributed by atoms with E-state index in [-0.39, 0.29) is 24.5 Å². The van der Waals surface area contributed by atoms with Gasteiger partial charge < -0.3 is 25.4 Å². The third kappa shape index (κ3) is 11.7. The summed E-state index contributed by atoms with van der Waals surface area (Å²) in [6.07, 6.45) is -1.39. The predicted octanol–water partition coefficient (Wildman–Crippen LogP) is 3.25. The van der Waals surface area contributed by atoms with Gasteiger partial charge in [0.2, 0.25) is 18.0 Å². The zero-order valence-electron chi connectivity index (χ0n) is 21.0. The molecule has 0 aromatic heterocycles. The Balaban J connectivity index is 2.84. The second-order valence-corrected chi connectivity index (χ2v) is 9.28. The van der Waals surface area contributed by atoms with Gasteiger partial charge >= 0.3 is 6.09 Å². The third-order valence-electron chi connectivity index (χ3n) is 4.67. The van der Waals surface area contributed by atoms with Gasteiger partial charge in [-0.1, -0.05) is 58.0 Å². The van der Waals surface area contributed by atoms with Gasteiger partial charge in [-0.05, 0) is 44.1 Å². The van der Waals surface area contributed by atoms with Crippen molar-refractivity contribution in [2.24, 2.45) is 11.8 Å². The fourth-order valence-electron chi connectivity index (χ4n) is 3.18. The van der Waals surface area contributed by atoms with Crippen molar-refractivity contribution in [3.05, 3.63) is 35.9 Å². The van der Waals surface area contributed by atoms with Crippen molar-refractivity contribution in [1.29, 1.82) is 5.26 Å². The first kappa shape index (κ1) is 28.9. The van der Waals surface area contributed by atoms with Crippen LogP contribution in [-0.2, 0) is 25.7 Å². The van der Waals surface area contributed by atoms with E-state index in [2.05, 4.69) is 16.0 Å². The molecule has 3 atom stereocenters. The Kier molecular flexibility index (Phi) is 12.7. The van der Waals surface area contributed by atoms with Crippen LogP contribution in [0.2, 0.25) is 0 Å². The lowest BCUT2D eigenvalue weighted by molar-refractivity contribution is -0.132. The van der Waals surface area contributed by atoms with Gasteiger partial charge in [-0.2, -0.15) is 5.26 Å². The monoisotopic (exact) mass is 474 g/mol. The zero-order chi connectivity index (χ0) is 25.7. The summed E-state index contributed by atoms with van der Waals surface area (Å²) in [5.41, 5.74) is 0.826. The third-order valence-corrected chi connectivity index (χ3v) is 4.67. The van der Waals surface area contributed by atoms with E-state index in [9.17, 15) is 19.6 Å². The highest BCUT2D eigenvalue weighted by Crippen LogP contribution is 2.10. The van der Waals surface area contributed by atoms with E-state index in [1.807, 2.05) is 64.1 Å². The van der Waals surface area contributed by atoms with Crippen molar-refractivity contribution < 1.29 is 23.9 Å². The molecule has 0 heterocycles. The molecule has 0 aliphatic carbocycles. The van der Waals surface area contributed by atoms with Gasteiger partial charge in [0.1, 0.15) is 24.8 Å². The molecule has 0 fully saturated rings. The minimum absolute atomic E-state index is 0.0759. The summed E-state index contributed by atoms with van der Waals surface area (Å²) >= 11 is 0. The SMILES string of the molecule is CC(C)CC(NC(=O)OCc1ccccc1)C(=O)NC(CC(C)C)C(=O)NC(C#N)OC(C)C. The van der Waals surface area contributed by atoms with Crippen LogP contribution in [0.3, 0.4) is 0 Å². The lowest BCUT2D eigenvalue weighted by atomic mass is 10.00. The Morgan fingerprint density at radius 3 is 1.88 bits per heavy atom. The van der Waals surface area contributed by atoms with Crippen LogP contribution in [0.4, 0.5) is 4.79 Å². The van der Waals surface area contributed by atoms with Gasteiger partial charge in [0.05, 0.1) is 6.10 Å². The maximum absolute atomic E-state index is 13.1. The number of amides is 3. The Bertz CT molecular complexity index is 820. The van der Waals surface area contributed by atoms with Crippen molar-refractivity contribution in [1.82, 2.24) is 16.0 Å². The lowest BCUT2D eigenvalue weighted by Gasteiger charge is -2.26. The van der Waals surface area contributed by atoms with Crippen LogP contribution in [-0.4, -0.2) is 42.3 Å². The largest absolute Gasteiger partial charge is 0.445 e. The molecule has 188 valence electrons. The standard InChI is InChI=1S/C25H38N4O5/c1-16(2)12-20(24(31)29-22(14-26)34-18(5)6)27-23(30)21(13-17(3)4)28-25(32)33-15-19-10-8-7-9-11-19/h7-11,16-18,20-22H,12-13,15H2,1-6H3,(H,27,30)(H,28,32)(H,29,31). The number of carbonyl (C=O) groups excluding carboxylic acids is 3. The number of rotatable bonds is 13. The van der Waals surface area contributed by atoms with Gasteiger partial charge in [-0.3, -0.25) is 9.59 Å². The second-order valence-electron chi connectivity index (χ2n) is 9.28. The lowest BCUT2D eigenvalue weighted by Crippen LogP contribution is -2.55. The number of nitrogens with one attached hydrogen (secondary N) is 3. The van der Waals surface area contributed by atoms with Crippen molar-refractivity contribution >= 4 is 17.9 Å². The Hall–Kier alpha value is -3.12. The molecule has 1 aromatic rings. The van der Waals surface area contributed by atoms with Crippen LogP contribution in [0.15, 0.2) is 30.3 Å². The van der Waals surface area contributed by atoms with Crippen molar-refractivity contribution in [2.45, 2.75) is 85.4 Å². The molecule has 3 N–H and O–H groups in total. The molecule has 0 saturated heterocycles. The molecule has 34 heavy (non-hydrogen) atoms. The highest BCUT2D eigenvalue weighted by atomic mass is 16.5. The first-order valence-electron chi connectivity index (χ1n) is 11.6. The highest BCUT2D eigenvalue weighted by Gasteiger charge is 2.29. The van der Waals surface area contributed by atoms with E-state index < -0.39 is 36.2 Å². The first-order chi connectivity index (χ1) is 16.0. The molecule has 9 nitrogen and oxygen atoms in total. The molecule has 0 saturated carbocycles. The quantitative estimate of drug-likeness (QED) is 0.376. The number of nitriles is 1. The Morgan fingerprint density at radius 2 is 1.38 bits per heavy atom. The molecule has 9 heteroatoms. The molecule has 0 aliphatic rings. The molecule has 3 amide bonds. The van der Waals surface area contributed by atoms with Crippen LogP contribution >= 0.6 is 0 Å². The fourth-order valence-corrected chi connectivity index (χ4v) is 3.18. The van der Waals surface area contributed by atoms with E-state index in [1.54, 1.807) is 13.8 Å². The van der Waals surface area contributed by atoms with Gasteiger partial charge in [-0.25, -0.2) is 4.79 Å². The topological polar surface area (TPSA) is 130 Å². The number of nitrogens with zero attached hydrogens (tertiary/aromatic N) is 1. The smallest absolute Gasteiger partial charge is 0.408 e. The molecule has 1 aromatic carbocycles. The Labute approximate surface area is 202 Å². The second kappa shape index (κ2) is 14.9. The summed E-state index contributed by atoms with van der Waals surface area (Å²) in [4.78, 5) is 38.2. The van der Waals surface area contributed by atoms with Crippen molar-refractivity contribution in [3.63, 3.8) is 0 Å². The normalized spacial score (nSPS) is 13.6. The van der Waals surface area contributed by atoms with E-state index in [0.29, 0.717) is 12.8 Å². The summed E-state index contributed by atoms with van der Waals surface area (Å²) < 4.78 is 10.6. The maximum atomic E-state index is 13.1. The maximum Gasteiger partial charge on any atom is 0.408 e. The summed E-state index contributed by atoms with van der Waals surface area (Å²) in [5, 5.41) is 17.1. The molecule has 0 radical (unpaired) electrons. The number of carbonyl (C=O) groups is 3. The molecular weight excluding hydrogens is 436 g/mol. The van der Waals surface area contributed by atoms with Crippen LogP contribution < -0.4 is 16.0 Å². The summed E-state index contributed by atoms with van der Waals surface area (Å²) in [6, 6.07) is 9.32. The van der Waals surface area contributed by atoms with E-state index >= 15 is 0 Å². The molecule has 3 unspecified atom stereocenters. The fraction of sp³-hybridized carbons (Fsp3) is 0.600. The van der Waals surface area contributed by atoms with Crippen LogP contribution in [0.1, 0.15) is 59.9 Å². The average Bonchev–Trinajstić information content (AvgIpc) is 2.76. The number of hydrogen-bond acceptors (Lipinski definition) is 6. The van der Waals surface area contributed by atoms with Crippen molar-refractivity contribution in [3.8, 4) is 6.07 Å². The highest BCUT2D eigenvalue weighted by molar-refractivity contribution is 5.91. The van der Waals surface area contributed by atoms with Gasteiger partial charge in [-0.15, -0.1) is 0 Å². The minimum Gasteiger partial charge on any atom is -0.445 e. The number of ether oxygens (including phenoxy) is 2. The number of benzene rings is 1. The summed E-state index contributed by atoms with van der Waals surface area (Å²) in [5.74, 6) is -0.825. The molecule has 0 aliphatic heterocycles. The molecule has 0 spiro atoms. The van der Waals surface area contributed by atoms with E-state index in [4.69, 9.17) is 9.47 Å². The average molecular weight is 475 g/mol. The Morgan fingerprint density at radius 1 is 0.853 bits per heavy atom. The molecule has 1 rings (SSSR count). The summed E-state index contributed by atoms with van der Waals surface area (Å²) in [6.45, 7) is 11.3. The number of hydrogen-bond donors (Lipinski definition) is 3. The predicted molar refractivity (Wildman–Crippen MR) is 128 cm³/mol. The van der Waals surface area contributed by atoms with Crippen LogP contribution in [0, 0.1) is 23.2 Å². The first-order valence-corrected chi connectivity index (χ1v) is 11.6. The van der Waals surface area contributed by atoms with Gasteiger partial charge in [0.25, 0.3) is 0 Å². The zero-order valence-corrected chi connectivity index (χ0v) is 21.0.